The maximum Gasteiger partial charge on any atom is 0.163 e. The van der Waals surface area contributed by atoms with Gasteiger partial charge in [-0.3, -0.25) is 0 Å². The third-order valence-electron chi connectivity index (χ3n) is 5.79. The standard InChI is InChI=1S/C23H27NO5/c1-2-14-7-9-15(10-8-14)11-16-12-24(18-6-4-3-5-17(16)18)23-22(28)21(27)20(26)19(13-25)29-23/h3-10,12,19-23,25-28H,2,11,13H2,1H3/t19-,20-,21+,22-,23?/m1/s1. The minimum Gasteiger partial charge on any atom is -0.394 e. The lowest BCUT2D eigenvalue weighted by Gasteiger charge is -2.40. The number of aromatic nitrogens is 1. The largest absolute Gasteiger partial charge is 0.394 e. The molecule has 1 unspecified atom stereocenters. The molecule has 6 nitrogen and oxygen atoms in total. The average molecular weight is 397 g/mol. The molecule has 1 aliphatic heterocycles. The fourth-order valence-corrected chi connectivity index (χ4v) is 4.05. The lowest BCUT2D eigenvalue weighted by molar-refractivity contribution is -0.250. The van der Waals surface area contributed by atoms with Crippen molar-refractivity contribution < 1.29 is 25.2 Å². The second kappa shape index (κ2) is 8.26. The zero-order valence-electron chi connectivity index (χ0n) is 16.3. The van der Waals surface area contributed by atoms with Crippen LogP contribution in [0.4, 0.5) is 0 Å². The third kappa shape index (κ3) is 3.70. The maximum atomic E-state index is 10.6. The molecule has 2 heterocycles. The van der Waals surface area contributed by atoms with Gasteiger partial charge in [0, 0.05) is 11.6 Å². The summed E-state index contributed by atoms with van der Waals surface area (Å²) in [6, 6.07) is 16.3. The van der Waals surface area contributed by atoms with Crippen LogP contribution in [0.25, 0.3) is 10.9 Å². The molecule has 4 N–H and O–H groups in total. The van der Waals surface area contributed by atoms with Crippen molar-refractivity contribution in [1.82, 2.24) is 4.57 Å². The number of aliphatic hydroxyl groups excluding tert-OH is 4. The van der Waals surface area contributed by atoms with Gasteiger partial charge in [-0.1, -0.05) is 49.4 Å². The molecule has 1 fully saturated rings. The van der Waals surface area contributed by atoms with Crippen LogP contribution in [-0.4, -0.2) is 56.0 Å². The van der Waals surface area contributed by atoms with E-state index in [-0.39, 0.29) is 0 Å². The molecule has 3 aromatic rings. The second-order valence-corrected chi connectivity index (χ2v) is 7.65. The molecule has 0 bridgehead atoms. The number of aliphatic hydroxyl groups is 4. The first-order valence-corrected chi connectivity index (χ1v) is 10.00. The highest BCUT2D eigenvalue weighted by Gasteiger charge is 2.44. The van der Waals surface area contributed by atoms with E-state index in [0.717, 1.165) is 29.3 Å². The third-order valence-corrected chi connectivity index (χ3v) is 5.79. The number of hydrogen-bond acceptors (Lipinski definition) is 5. The van der Waals surface area contributed by atoms with Crippen molar-refractivity contribution in [3.05, 3.63) is 71.4 Å². The van der Waals surface area contributed by atoms with E-state index in [1.807, 2.05) is 30.5 Å². The van der Waals surface area contributed by atoms with Crippen molar-refractivity contribution >= 4 is 10.9 Å². The summed E-state index contributed by atoms with van der Waals surface area (Å²) in [6.45, 7) is 1.68. The fraction of sp³-hybridized carbons (Fsp3) is 0.391. The average Bonchev–Trinajstić information content (AvgIpc) is 3.11. The van der Waals surface area contributed by atoms with E-state index in [9.17, 15) is 20.4 Å². The molecule has 5 atom stereocenters. The lowest BCUT2D eigenvalue weighted by atomic mass is 9.98. The Bertz CT molecular complexity index is 965. The molecular weight excluding hydrogens is 370 g/mol. The SMILES string of the molecule is CCc1ccc(Cc2cn(C3O[C@H](CO)[C@@H](O)[C@H](O)[C@H]3O)c3ccccc23)cc1. The van der Waals surface area contributed by atoms with Gasteiger partial charge in [0.1, 0.15) is 24.4 Å². The van der Waals surface area contributed by atoms with Crippen LogP contribution >= 0.6 is 0 Å². The summed E-state index contributed by atoms with van der Waals surface area (Å²) in [5, 5.41) is 41.3. The number of ether oxygens (including phenoxy) is 1. The Kier molecular flexibility index (Phi) is 5.72. The van der Waals surface area contributed by atoms with Gasteiger partial charge in [0.15, 0.2) is 6.23 Å². The molecule has 0 aliphatic carbocycles. The number of rotatable bonds is 5. The van der Waals surface area contributed by atoms with E-state index in [4.69, 9.17) is 4.74 Å². The topological polar surface area (TPSA) is 95.1 Å². The molecule has 1 saturated heterocycles. The molecule has 1 aliphatic rings. The van der Waals surface area contributed by atoms with Gasteiger partial charge in [-0.15, -0.1) is 0 Å². The Hall–Kier alpha value is -2.22. The Labute approximate surface area is 169 Å². The van der Waals surface area contributed by atoms with Gasteiger partial charge in [0.25, 0.3) is 0 Å². The molecule has 4 rings (SSSR count). The summed E-state index contributed by atoms with van der Waals surface area (Å²) in [5.74, 6) is 0. The van der Waals surface area contributed by atoms with Crippen LogP contribution in [0, 0.1) is 0 Å². The highest BCUT2D eigenvalue weighted by Crippen LogP contribution is 2.33. The Balaban J connectivity index is 1.72. The van der Waals surface area contributed by atoms with Gasteiger partial charge >= 0.3 is 0 Å². The van der Waals surface area contributed by atoms with Crippen molar-refractivity contribution in [3.8, 4) is 0 Å². The van der Waals surface area contributed by atoms with Crippen molar-refractivity contribution in [2.45, 2.75) is 50.4 Å². The smallest absolute Gasteiger partial charge is 0.163 e. The first kappa shape index (κ1) is 20.1. The molecule has 29 heavy (non-hydrogen) atoms. The van der Waals surface area contributed by atoms with E-state index in [2.05, 4.69) is 31.2 Å². The fourth-order valence-electron chi connectivity index (χ4n) is 4.05. The quantitative estimate of drug-likeness (QED) is 0.526. The van der Waals surface area contributed by atoms with E-state index in [1.165, 1.54) is 11.1 Å². The van der Waals surface area contributed by atoms with Crippen molar-refractivity contribution in [2.75, 3.05) is 6.61 Å². The molecule has 6 heteroatoms. The number of fused-ring (bicyclic) bond motifs is 1. The molecule has 0 spiro atoms. The van der Waals surface area contributed by atoms with Crippen LogP contribution in [0.5, 0.6) is 0 Å². The summed E-state index contributed by atoms with van der Waals surface area (Å²) in [4.78, 5) is 0. The molecule has 154 valence electrons. The minimum absolute atomic E-state index is 0.447. The van der Waals surface area contributed by atoms with Gasteiger partial charge < -0.3 is 29.7 Å². The van der Waals surface area contributed by atoms with Gasteiger partial charge in [-0.2, -0.15) is 0 Å². The normalized spacial score (nSPS) is 27.4. The summed E-state index contributed by atoms with van der Waals surface area (Å²) < 4.78 is 7.56. The molecular formula is C23H27NO5. The highest BCUT2D eigenvalue weighted by molar-refractivity contribution is 5.84. The summed E-state index contributed by atoms with van der Waals surface area (Å²) in [5.41, 5.74) is 4.40. The summed E-state index contributed by atoms with van der Waals surface area (Å²) >= 11 is 0. The minimum atomic E-state index is -1.41. The van der Waals surface area contributed by atoms with Gasteiger partial charge in [-0.25, -0.2) is 0 Å². The van der Waals surface area contributed by atoms with Crippen molar-refractivity contribution in [3.63, 3.8) is 0 Å². The predicted octanol–water partition coefficient (Wildman–Crippen LogP) is 1.77. The number of para-hydroxylation sites is 1. The predicted molar refractivity (Wildman–Crippen MR) is 110 cm³/mol. The second-order valence-electron chi connectivity index (χ2n) is 7.65. The van der Waals surface area contributed by atoms with Gasteiger partial charge in [0.05, 0.1) is 12.1 Å². The lowest BCUT2D eigenvalue weighted by Crippen LogP contribution is -2.56. The molecule has 0 radical (unpaired) electrons. The van der Waals surface area contributed by atoms with Crippen LogP contribution in [-0.2, 0) is 17.6 Å². The van der Waals surface area contributed by atoms with E-state index in [0.29, 0.717) is 0 Å². The van der Waals surface area contributed by atoms with Crippen LogP contribution in [0.2, 0.25) is 0 Å². The summed E-state index contributed by atoms with van der Waals surface area (Å²) in [6.07, 6.45) is -2.31. The van der Waals surface area contributed by atoms with Crippen molar-refractivity contribution in [1.29, 1.82) is 0 Å². The zero-order valence-corrected chi connectivity index (χ0v) is 16.3. The Morgan fingerprint density at radius 1 is 0.897 bits per heavy atom. The maximum absolute atomic E-state index is 10.6. The molecule has 0 amide bonds. The number of nitrogens with zero attached hydrogens (tertiary/aromatic N) is 1. The highest BCUT2D eigenvalue weighted by atomic mass is 16.6. The van der Waals surface area contributed by atoms with Crippen LogP contribution < -0.4 is 0 Å². The summed E-state index contributed by atoms with van der Waals surface area (Å²) in [7, 11) is 0. The number of hydrogen-bond donors (Lipinski definition) is 4. The van der Waals surface area contributed by atoms with Crippen LogP contribution in [0.15, 0.2) is 54.7 Å². The first-order valence-electron chi connectivity index (χ1n) is 10.00. The van der Waals surface area contributed by atoms with E-state index in [1.54, 1.807) is 4.57 Å². The molecule has 2 aromatic carbocycles. The van der Waals surface area contributed by atoms with E-state index < -0.39 is 37.3 Å². The van der Waals surface area contributed by atoms with Crippen LogP contribution in [0.1, 0.15) is 29.8 Å². The van der Waals surface area contributed by atoms with Crippen LogP contribution in [0.3, 0.4) is 0 Å². The monoisotopic (exact) mass is 397 g/mol. The Morgan fingerprint density at radius 2 is 1.59 bits per heavy atom. The Morgan fingerprint density at radius 3 is 2.28 bits per heavy atom. The zero-order chi connectivity index (χ0) is 20.5. The number of benzene rings is 2. The molecule has 0 saturated carbocycles. The molecule has 1 aromatic heterocycles. The van der Waals surface area contributed by atoms with Crippen molar-refractivity contribution in [2.24, 2.45) is 0 Å². The first-order chi connectivity index (χ1) is 14.0. The van der Waals surface area contributed by atoms with Gasteiger partial charge in [-0.05, 0) is 35.6 Å². The van der Waals surface area contributed by atoms with E-state index >= 15 is 0 Å². The van der Waals surface area contributed by atoms with Gasteiger partial charge in [0.2, 0.25) is 0 Å². The number of aryl methyl sites for hydroxylation is 1.